The number of hydrogen-bond donors (Lipinski definition) is 2. The average molecular weight is 281 g/mol. The number of aliphatic carboxylic acids is 1. The summed E-state index contributed by atoms with van der Waals surface area (Å²) in [7, 11) is 0. The predicted octanol–water partition coefficient (Wildman–Crippen LogP) is 2.20. The minimum atomic E-state index is -1.14. The lowest BCUT2D eigenvalue weighted by molar-refractivity contribution is -0.137. The van der Waals surface area contributed by atoms with Gasteiger partial charge in [-0.15, -0.1) is 6.42 Å². The molecule has 0 saturated heterocycles. The molecule has 2 N–H and O–H groups in total. The zero-order valence-electron chi connectivity index (χ0n) is 10.3. The van der Waals surface area contributed by atoms with Crippen LogP contribution < -0.4 is 5.32 Å². The van der Waals surface area contributed by atoms with Crippen LogP contribution in [0.25, 0.3) is 0 Å². The summed E-state index contributed by atoms with van der Waals surface area (Å²) in [6.07, 6.45) is 5.10. The van der Waals surface area contributed by atoms with E-state index in [4.69, 9.17) is 23.1 Å². The molecule has 1 rings (SSSR count). The lowest BCUT2D eigenvalue weighted by Crippen LogP contribution is -2.39. The van der Waals surface area contributed by atoms with Gasteiger partial charge in [-0.2, -0.15) is 0 Å². The second kappa shape index (κ2) is 6.66. The highest BCUT2D eigenvalue weighted by atomic mass is 35.5. The van der Waals surface area contributed by atoms with E-state index in [1.54, 1.807) is 18.2 Å². The topological polar surface area (TPSA) is 69.6 Å². The van der Waals surface area contributed by atoms with E-state index in [0.717, 1.165) is 10.5 Å². The number of nitrogens with zero attached hydrogens (tertiary/aromatic N) is 1. The van der Waals surface area contributed by atoms with Gasteiger partial charge in [-0.3, -0.25) is 4.79 Å². The first-order valence-electron chi connectivity index (χ1n) is 5.41. The summed E-state index contributed by atoms with van der Waals surface area (Å²) in [5.41, 5.74) is 1.33. The number of anilines is 1. The van der Waals surface area contributed by atoms with Crippen LogP contribution in [0, 0.1) is 19.3 Å². The molecule has 0 heterocycles. The average Bonchev–Trinajstić information content (AvgIpc) is 2.32. The zero-order valence-corrected chi connectivity index (χ0v) is 11.1. The first-order chi connectivity index (χ1) is 8.93. The number of carboxylic acids is 1. The van der Waals surface area contributed by atoms with E-state index in [0.29, 0.717) is 10.7 Å². The molecule has 0 aliphatic rings. The van der Waals surface area contributed by atoms with Crippen LogP contribution in [-0.2, 0) is 4.79 Å². The molecule has 0 fully saturated rings. The van der Waals surface area contributed by atoms with Crippen LogP contribution in [0.5, 0.6) is 0 Å². The second-order valence-corrected chi connectivity index (χ2v) is 4.27. The van der Waals surface area contributed by atoms with Crippen LogP contribution in [0.4, 0.5) is 10.5 Å². The summed E-state index contributed by atoms with van der Waals surface area (Å²) in [4.78, 5) is 23.5. The zero-order chi connectivity index (χ0) is 14.4. The first kappa shape index (κ1) is 14.9. The van der Waals surface area contributed by atoms with Crippen molar-refractivity contribution in [3.05, 3.63) is 28.8 Å². The number of terminal acetylenes is 1. The minimum absolute atomic E-state index is 0.0957. The van der Waals surface area contributed by atoms with Gasteiger partial charge in [-0.1, -0.05) is 23.6 Å². The van der Waals surface area contributed by atoms with Gasteiger partial charge >= 0.3 is 12.0 Å². The van der Waals surface area contributed by atoms with Gasteiger partial charge in [-0.05, 0) is 24.6 Å². The lowest BCUT2D eigenvalue weighted by Gasteiger charge is -2.19. The van der Waals surface area contributed by atoms with Crippen molar-refractivity contribution >= 4 is 29.3 Å². The molecular weight excluding hydrogens is 268 g/mol. The standard InChI is InChI=1S/C13H13ClN2O3/c1-3-6-16(8-12(17)18)13(19)15-11-7-9(2)4-5-10(11)14/h1,4-5,7H,6,8H2,2H3,(H,15,19)(H,17,18). The predicted molar refractivity (Wildman–Crippen MR) is 73.2 cm³/mol. The SMILES string of the molecule is C#CCN(CC(=O)O)C(=O)Nc1cc(C)ccc1Cl. The summed E-state index contributed by atoms with van der Waals surface area (Å²) in [6, 6.07) is 4.53. The molecule has 0 aliphatic carbocycles. The van der Waals surface area contributed by atoms with Crippen molar-refractivity contribution in [2.75, 3.05) is 18.4 Å². The van der Waals surface area contributed by atoms with Gasteiger partial charge in [0.2, 0.25) is 0 Å². The summed E-state index contributed by atoms with van der Waals surface area (Å²) >= 11 is 5.94. The van der Waals surface area contributed by atoms with Gasteiger partial charge < -0.3 is 15.3 Å². The fourth-order valence-electron chi connectivity index (χ4n) is 1.40. The molecule has 0 spiro atoms. The molecular formula is C13H13ClN2O3. The molecule has 0 aromatic heterocycles. The number of aryl methyl sites for hydroxylation is 1. The van der Waals surface area contributed by atoms with E-state index < -0.39 is 18.5 Å². The molecule has 100 valence electrons. The Morgan fingerprint density at radius 1 is 1.53 bits per heavy atom. The van der Waals surface area contributed by atoms with Crippen LogP contribution in [0.15, 0.2) is 18.2 Å². The van der Waals surface area contributed by atoms with E-state index >= 15 is 0 Å². The van der Waals surface area contributed by atoms with Gasteiger partial charge in [0.25, 0.3) is 0 Å². The van der Waals surface area contributed by atoms with E-state index in [1.807, 2.05) is 6.92 Å². The van der Waals surface area contributed by atoms with E-state index in [-0.39, 0.29) is 6.54 Å². The number of benzene rings is 1. The molecule has 5 nitrogen and oxygen atoms in total. The molecule has 0 radical (unpaired) electrons. The van der Waals surface area contributed by atoms with E-state index in [1.165, 1.54) is 0 Å². The Morgan fingerprint density at radius 3 is 2.79 bits per heavy atom. The number of carboxylic acid groups (broad SMARTS) is 1. The molecule has 0 saturated carbocycles. The molecule has 0 atom stereocenters. The number of halogens is 1. The maximum atomic E-state index is 11.9. The van der Waals surface area contributed by atoms with Gasteiger partial charge in [0.15, 0.2) is 0 Å². The van der Waals surface area contributed by atoms with Crippen molar-refractivity contribution in [1.82, 2.24) is 4.90 Å². The third-order valence-corrected chi connectivity index (χ3v) is 2.59. The fraction of sp³-hybridized carbons (Fsp3) is 0.231. The number of urea groups is 1. The fourth-order valence-corrected chi connectivity index (χ4v) is 1.57. The van der Waals surface area contributed by atoms with Crippen molar-refractivity contribution in [1.29, 1.82) is 0 Å². The lowest BCUT2D eigenvalue weighted by atomic mass is 10.2. The monoisotopic (exact) mass is 280 g/mol. The Bertz CT molecular complexity index is 537. The highest BCUT2D eigenvalue weighted by molar-refractivity contribution is 6.33. The van der Waals surface area contributed by atoms with Crippen molar-refractivity contribution in [3.8, 4) is 12.3 Å². The van der Waals surface area contributed by atoms with Crippen LogP contribution in [0.1, 0.15) is 5.56 Å². The van der Waals surface area contributed by atoms with Crippen molar-refractivity contribution in [2.45, 2.75) is 6.92 Å². The highest BCUT2D eigenvalue weighted by Crippen LogP contribution is 2.22. The van der Waals surface area contributed by atoms with Crippen LogP contribution in [0.3, 0.4) is 0 Å². The van der Waals surface area contributed by atoms with Crippen molar-refractivity contribution < 1.29 is 14.7 Å². The Balaban J connectivity index is 2.84. The van der Waals surface area contributed by atoms with Crippen molar-refractivity contribution in [3.63, 3.8) is 0 Å². The van der Waals surface area contributed by atoms with Gasteiger partial charge in [0.05, 0.1) is 17.3 Å². The third-order valence-electron chi connectivity index (χ3n) is 2.26. The molecule has 0 bridgehead atoms. The second-order valence-electron chi connectivity index (χ2n) is 3.87. The quantitative estimate of drug-likeness (QED) is 0.831. The highest BCUT2D eigenvalue weighted by Gasteiger charge is 2.16. The molecule has 19 heavy (non-hydrogen) atoms. The van der Waals surface area contributed by atoms with E-state index in [2.05, 4.69) is 11.2 Å². The summed E-state index contributed by atoms with van der Waals surface area (Å²) < 4.78 is 0. The first-order valence-corrected chi connectivity index (χ1v) is 5.79. The normalized spacial score (nSPS) is 9.53. The number of hydrogen-bond acceptors (Lipinski definition) is 2. The number of amides is 2. The number of carbonyl (C=O) groups excluding carboxylic acids is 1. The molecule has 0 aliphatic heterocycles. The van der Waals surface area contributed by atoms with Crippen LogP contribution >= 0.6 is 11.6 Å². The largest absolute Gasteiger partial charge is 0.480 e. The molecule has 1 aromatic rings. The summed E-state index contributed by atoms with van der Waals surface area (Å²) in [5.74, 6) is 1.10. The van der Waals surface area contributed by atoms with Crippen LogP contribution in [0.2, 0.25) is 5.02 Å². The van der Waals surface area contributed by atoms with Gasteiger partial charge in [-0.25, -0.2) is 4.79 Å². The Morgan fingerprint density at radius 2 is 2.21 bits per heavy atom. The maximum absolute atomic E-state index is 11.9. The Labute approximate surface area is 116 Å². The molecule has 6 heteroatoms. The third kappa shape index (κ3) is 4.53. The molecule has 1 aromatic carbocycles. The maximum Gasteiger partial charge on any atom is 0.323 e. The smallest absolute Gasteiger partial charge is 0.323 e. The number of rotatable bonds is 4. The summed E-state index contributed by atoms with van der Waals surface area (Å²) in [6.45, 7) is 1.28. The van der Waals surface area contributed by atoms with Gasteiger partial charge in [0, 0.05) is 0 Å². The summed E-state index contributed by atoms with van der Waals surface area (Å²) in [5, 5.41) is 11.6. The minimum Gasteiger partial charge on any atom is -0.480 e. The van der Waals surface area contributed by atoms with Crippen molar-refractivity contribution in [2.24, 2.45) is 0 Å². The van der Waals surface area contributed by atoms with E-state index in [9.17, 15) is 9.59 Å². The number of carbonyl (C=O) groups is 2. The molecule has 2 amide bonds. The van der Waals surface area contributed by atoms with Gasteiger partial charge in [0.1, 0.15) is 6.54 Å². The molecule has 0 unspecified atom stereocenters. The Hall–Kier alpha value is -2.19. The number of nitrogens with one attached hydrogen (secondary N) is 1. The van der Waals surface area contributed by atoms with Crippen LogP contribution in [-0.4, -0.2) is 35.1 Å². The Kier molecular flexibility index (Phi) is 5.22.